The minimum absolute atomic E-state index is 0.00337. The van der Waals surface area contributed by atoms with Gasteiger partial charge in [-0.15, -0.1) is 0 Å². The van der Waals surface area contributed by atoms with Gasteiger partial charge in [-0.2, -0.15) is 0 Å². The summed E-state index contributed by atoms with van der Waals surface area (Å²) >= 11 is 0. The van der Waals surface area contributed by atoms with Gasteiger partial charge >= 0.3 is 11.9 Å². The molecule has 1 amide bonds. The van der Waals surface area contributed by atoms with Crippen molar-refractivity contribution in [2.45, 2.75) is 46.1 Å². The molecule has 0 spiro atoms. The van der Waals surface area contributed by atoms with E-state index >= 15 is 0 Å². The average Bonchev–Trinajstić information content (AvgIpc) is 2.65. The summed E-state index contributed by atoms with van der Waals surface area (Å²) in [5, 5.41) is 5.69. The maximum Gasteiger partial charge on any atom is 0.328 e. The highest BCUT2D eigenvalue weighted by molar-refractivity contribution is 5.97. The van der Waals surface area contributed by atoms with Crippen molar-refractivity contribution in [3.8, 4) is 0 Å². The minimum Gasteiger partial charge on any atom is -0.466 e. The van der Waals surface area contributed by atoms with Gasteiger partial charge in [-0.3, -0.25) is 14.4 Å². The zero-order valence-electron chi connectivity index (χ0n) is 16.6. The molecule has 0 heterocycles. The van der Waals surface area contributed by atoms with Gasteiger partial charge in [0.25, 0.3) is 5.91 Å². The van der Waals surface area contributed by atoms with Crippen LogP contribution in [-0.4, -0.2) is 49.4 Å². The Morgan fingerprint density at radius 3 is 2.18 bits per heavy atom. The molecule has 1 aromatic carbocycles. The molecule has 0 saturated heterocycles. The summed E-state index contributed by atoms with van der Waals surface area (Å²) in [7, 11) is 0. The highest BCUT2D eigenvalue weighted by Gasteiger charge is 2.24. The van der Waals surface area contributed by atoms with Crippen LogP contribution in [0.4, 0.5) is 5.69 Å². The number of Topliss-reactive ketones (excluding diaryl/α,β-unsaturated/α-hetero) is 1. The first-order valence-electron chi connectivity index (χ1n) is 9.33. The second-order valence-corrected chi connectivity index (χ2v) is 6.08. The third kappa shape index (κ3) is 8.66. The molecule has 1 rings (SSSR count). The van der Waals surface area contributed by atoms with Crippen LogP contribution in [-0.2, 0) is 23.9 Å². The number of rotatable bonds is 12. The standard InChI is InChI=1S/C20H28N2O6/c1-4-27-18(24)11-10-17(20(26)28-5-2)22-19(25)15-6-8-16(9-7-15)21-13-12-14(3)23/h6-9,17,21H,4-5,10-13H2,1-3H3,(H,22,25)/t17-/m1/s1. The van der Waals surface area contributed by atoms with Crippen LogP contribution in [0.15, 0.2) is 24.3 Å². The van der Waals surface area contributed by atoms with E-state index < -0.39 is 23.9 Å². The van der Waals surface area contributed by atoms with Gasteiger partial charge in [-0.25, -0.2) is 4.79 Å². The molecule has 2 N–H and O–H groups in total. The number of benzene rings is 1. The first kappa shape index (κ1) is 23.1. The molecule has 0 saturated carbocycles. The van der Waals surface area contributed by atoms with E-state index in [1.807, 2.05) is 0 Å². The van der Waals surface area contributed by atoms with Crippen LogP contribution in [0.5, 0.6) is 0 Å². The predicted octanol–water partition coefficient (Wildman–Crippen LogP) is 2.08. The third-order valence-corrected chi connectivity index (χ3v) is 3.77. The van der Waals surface area contributed by atoms with Gasteiger partial charge in [0.2, 0.25) is 0 Å². The monoisotopic (exact) mass is 392 g/mol. The fourth-order valence-electron chi connectivity index (χ4n) is 2.35. The second kappa shape index (κ2) is 12.5. The highest BCUT2D eigenvalue weighted by Crippen LogP contribution is 2.11. The van der Waals surface area contributed by atoms with Gasteiger partial charge in [-0.05, 0) is 51.5 Å². The Labute approximate surface area is 165 Å². The fourth-order valence-corrected chi connectivity index (χ4v) is 2.35. The van der Waals surface area contributed by atoms with E-state index in [1.165, 1.54) is 6.92 Å². The molecule has 0 fully saturated rings. The van der Waals surface area contributed by atoms with Crippen molar-refractivity contribution < 1.29 is 28.7 Å². The van der Waals surface area contributed by atoms with Gasteiger partial charge in [0, 0.05) is 30.6 Å². The number of ether oxygens (including phenoxy) is 2. The Bertz CT molecular complexity index is 672. The molecular formula is C20H28N2O6. The SMILES string of the molecule is CCOC(=O)CC[C@@H](NC(=O)c1ccc(NCCC(C)=O)cc1)C(=O)OCC. The summed E-state index contributed by atoms with van der Waals surface area (Å²) in [4.78, 5) is 47.0. The van der Waals surface area contributed by atoms with Crippen LogP contribution in [0.1, 0.15) is 50.4 Å². The van der Waals surface area contributed by atoms with Crippen molar-refractivity contribution >= 4 is 29.3 Å². The Morgan fingerprint density at radius 1 is 0.964 bits per heavy atom. The fraction of sp³-hybridized carbons (Fsp3) is 0.500. The highest BCUT2D eigenvalue weighted by atomic mass is 16.5. The van der Waals surface area contributed by atoms with Crippen LogP contribution in [0.2, 0.25) is 0 Å². The van der Waals surface area contributed by atoms with E-state index in [2.05, 4.69) is 10.6 Å². The van der Waals surface area contributed by atoms with Crippen LogP contribution in [0, 0.1) is 0 Å². The molecule has 8 nitrogen and oxygen atoms in total. The van der Waals surface area contributed by atoms with E-state index in [0.717, 1.165) is 5.69 Å². The number of carbonyl (C=O) groups excluding carboxylic acids is 4. The van der Waals surface area contributed by atoms with Crippen molar-refractivity contribution in [3.05, 3.63) is 29.8 Å². The molecule has 154 valence electrons. The van der Waals surface area contributed by atoms with Gasteiger partial charge in [0.05, 0.1) is 13.2 Å². The van der Waals surface area contributed by atoms with Crippen molar-refractivity contribution in [1.82, 2.24) is 5.32 Å². The number of anilines is 1. The number of hydrogen-bond acceptors (Lipinski definition) is 7. The Kier molecular flexibility index (Phi) is 10.3. The minimum atomic E-state index is -0.940. The molecule has 28 heavy (non-hydrogen) atoms. The molecule has 0 aliphatic rings. The van der Waals surface area contributed by atoms with Crippen LogP contribution >= 0.6 is 0 Å². The number of hydrogen-bond donors (Lipinski definition) is 2. The van der Waals surface area contributed by atoms with Crippen molar-refractivity contribution in [2.24, 2.45) is 0 Å². The number of carbonyl (C=O) groups is 4. The normalized spacial score (nSPS) is 11.2. The predicted molar refractivity (Wildman–Crippen MR) is 104 cm³/mol. The summed E-state index contributed by atoms with van der Waals surface area (Å²) in [6.07, 6.45) is 0.509. The molecule has 8 heteroatoms. The summed E-state index contributed by atoms with van der Waals surface area (Å²) in [5.41, 5.74) is 1.14. The molecule has 0 radical (unpaired) electrons. The van der Waals surface area contributed by atoms with Crippen molar-refractivity contribution in [2.75, 3.05) is 25.1 Å². The first-order chi connectivity index (χ1) is 13.4. The van der Waals surface area contributed by atoms with Crippen LogP contribution in [0.25, 0.3) is 0 Å². The topological polar surface area (TPSA) is 111 Å². The van der Waals surface area contributed by atoms with Crippen LogP contribution < -0.4 is 10.6 Å². The third-order valence-electron chi connectivity index (χ3n) is 3.77. The lowest BCUT2D eigenvalue weighted by atomic mass is 10.1. The Hall–Kier alpha value is -2.90. The largest absolute Gasteiger partial charge is 0.466 e. The maximum absolute atomic E-state index is 12.4. The molecule has 0 aliphatic heterocycles. The van der Waals surface area contributed by atoms with Gasteiger partial charge in [0.1, 0.15) is 11.8 Å². The van der Waals surface area contributed by atoms with E-state index in [1.54, 1.807) is 38.1 Å². The van der Waals surface area contributed by atoms with Crippen LogP contribution in [0.3, 0.4) is 0 Å². The number of ketones is 1. The van der Waals surface area contributed by atoms with Gasteiger partial charge in [0.15, 0.2) is 0 Å². The zero-order chi connectivity index (χ0) is 20.9. The second-order valence-electron chi connectivity index (χ2n) is 6.08. The van der Waals surface area contributed by atoms with Crippen molar-refractivity contribution in [1.29, 1.82) is 0 Å². The van der Waals surface area contributed by atoms with Gasteiger partial charge in [-0.1, -0.05) is 0 Å². The number of nitrogens with one attached hydrogen (secondary N) is 2. The molecule has 0 unspecified atom stereocenters. The summed E-state index contributed by atoms with van der Waals surface area (Å²) in [6.45, 7) is 5.82. The maximum atomic E-state index is 12.4. The molecule has 1 aromatic rings. The van der Waals surface area contributed by atoms with E-state index in [0.29, 0.717) is 18.5 Å². The number of amides is 1. The van der Waals surface area contributed by atoms with Crippen molar-refractivity contribution in [3.63, 3.8) is 0 Å². The molecular weight excluding hydrogens is 364 g/mol. The summed E-state index contributed by atoms with van der Waals surface area (Å²) in [6, 6.07) is 5.71. The van der Waals surface area contributed by atoms with Gasteiger partial charge < -0.3 is 20.1 Å². The smallest absolute Gasteiger partial charge is 0.328 e. The lowest BCUT2D eigenvalue weighted by molar-refractivity contribution is -0.146. The summed E-state index contributed by atoms with van der Waals surface area (Å²) < 4.78 is 9.82. The molecule has 1 atom stereocenters. The average molecular weight is 392 g/mol. The lowest BCUT2D eigenvalue weighted by Crippen LogP contribution is -2.42. The molecule has 0 bridgehead atoms. The van der Waals surface area contributed by atoms with E-state index in [4.69, 9.17) is 9.47 Å². The zero-order valence-corrected chi connectivity index (χ0v) is 16.6. The number of esters is 2. The van der Waals surface area contributed by atoms with E-state index in [9.17, 15) is 19.2 Å². The first-order valence-corrected chi connectivity index (χ1v) is 9.33. The lowest BCUT2D eigenvalue weighted by Gasteiger charge is -2.17. The summed E-state index contributed by atoms with van der Waals surface area (Å²) in [5.74, 6) is -1.39. The van der Waals surface area contributed by atoms with E-state index in [-0.39, 0.29) is 31.8 Å². The quantitative estimate of drug-likeness (QED) is 0.524. The Morgan fingerprint density at radius 2 is 1.61 bits per heavy atom. The Balaban J connectivity index is 2.68. The molecule has 0 aromatic heterocycles. The molecule has 0 aliphatic carbocycles.